The average Bonchev–Trinajstić information content (AvgIpc) is 2.80. The van der Waals surface area contributed by atoms with Gasteiger partial charge in [0.05, 0.1) is 29.6 Å². The van der Waals surface area contributed by atoms with Gasteiger partial charge in [-0.1, -0.05) is 23.7 Å². The number of non-ortho nitro benzene ring substituents is 1. The first-order valence-electron chi connectivity index (χ1n) is 10.2. The molecule has 0 spiro atoms. The number of nitro benzene ring substituents is 1. The van der Waals surface area contributed by atoms with Crippen LogP contribution in [-0.2, 0) is 32.6 Å². The van der Waals surface area contributed by atoms with E-state index in [0.29, 0.717) is 36.9 Å². The van der Waals surface area contributed by atoms with Crippen LogP contribution < -0.4 is 5.32 Å². The van der Waals surface area contributed by atoms with Crippen LogP contribution in [0.25, 0.3) is 0 Å². The third-order valence-corrected chi connectivity index (χ3v) is 7.40. The third-order valence-electron chi connectivity index (χ3n) is 5.11. The summed E-state index contributed by atoms with van der Waals surface area (Å²) in [4.78, 5) is 24.6. The number of amides is 1. The molecule has 2 aromatic carbocycles. The molecule has 1 amide bonds. The fraction of sp³-hybridized carbons (Fsp3) is 0.381. The van der Waals surface area contributed by atoms with Gasteiger partial charge in [0.1, 0.15) is 0 Å². The average molecular weight is 497 g/mol. The van der Waals surface area contributed by atoms with Gasteiger partial charge in [0.2, 0.25) is 15.9 Å². The summed E-state index contributed by atoms with van der Waals surface area (Å²) in [5.74, 6) is -0.246. The van der Waals surface area contributed by atoms with Crippen LogP contribution in [0, 0.1) is 10.1 Å². The van der Waals surface area contributed by atoms with E-state index in [1.54, 1.807) is 24.1 Å². The molecule has 1 heterocycles. The lowest BCUT2D eigenvalue weighted by atomic mass is 10.2. The Bertz CT molecular complexity index is 1100. The van der Waals surface area contributed by atoms with Gasteiger partial charge < -0.3 is 10.1 Å². The van der Waals surface area contributed by atoms with E-state index in [2.05, 4.69) is 5.32 Å². The Morgan fingerprint density at radius 1 is 1.21 bits per heavy atom. The number of nitrogens with one attached hydrogen (secondary N) is 1. The van der Waals surface area contributed by atoms with Crippen molar-refractivity contribution in [3.63, 3.8) is 0 Å². The quantitative estimate of drug-likeness (QED) is 0.416. The maximum atomic E-state index is 12.7. The SMILES string of the molecule is CN(CC(=O)NCc1ccc(S(=O)(=O)N2CCOCC2)cc1)Cc1cc([N+](=O)[O-])ccc1Cl. The van der Waals surface area contributed by atoms with Gasteiger partial charge in [-0.25, -0.2) is 8.42 Å². The van der Waals surface area contributed by atoms with Crippen molar-refractivity contribution in [1.82, 2.24) is 14.5 Å². The number of halogens is 1. The summed E-state index contributed by atoms with van der Waals surface area (Å²) in [7, 11) is -1.85. The van der Waals surface area contributed by atoms with E-state index in [1.165, 1.54) is 34.6 Å². The van der Waals surface area contributed by atoms with E-state index in [9.17, 15) is 23.3 Å². The number of morpholine rings is 1. The van der Waals surface area contributed by atoms with Crippen LogP contribution in [0.2, 0.25) is 5.02 Å². The highest BCUT2D eigenvalue weighted by Crippen LogP contribution is 2.23. The zero-order valence-corrected chi connectivity index (χ0v) is 19.6. The van der Waals surface area contributed by atoms with E-state index in [4.69, 9.17) is 16.3 Å². The van der Waals surface area contributed by atoms with E-state index in [-0.39, 0.29) is 36.1 Å². The molecule has 1 N–H and O–H groups in total. The molecule has 1 aliphatic heterocycles. The Morgan fingerprint density at radius 2 is 1.88 bits per heavy atom. The van der Waals surface area contributed by atoms with Crippen molar-refractivity contribution in [2.75, 3.05) is 39.9 Å². The number of carbonyl (C=O) groups is 1. The summed E-state index contributed by atoms with van der Waals surface area (Å²) in [6, 6.07) is 10.6. The monoisotopic (exact) mass is 496 g/mol. The number of rotatable bonds is 9. The number of nitrogens with zero attached hydrogens (tertiary/aromatic N) is 3. The van der Waals surface area contributed by atoms with Gasteiger partial charge in [-0.3, -0.25) is 19.8 Å². The number of ether oxygens (including phenoxy) is 1. The lowest BCUT2D eigenvalue weighted by Gasteiger charge is -2.26. The van der Waals surface area contributed by atoms with Crippen LogP contribution in [-0.4, -0.2) is 68.3 Å². The van der Waals surface area contributed by atoms with Crippen LogP contribution in [0.1, 0.15) is 11.1 Å². The number of benzene rings is 2. The molecule has 0 unspecified atom stereocenters. The number of likely N-dealkylation sites (N-methyl/N-ethyl adjacent to an activating group) is 1. The van der Waals surface area contributed by atoms with Crippen molar-refractivity contribution in [2.45, 2.75) is 18.0 Å². The summed E-state index contributed by atoms with van der Waals surface area (Å²) >= 11 is 6.12. The molecule has 10 nitrogen and oxygen atoms in total. The molecule has 0 atom stereocenters. The number of hydrogen-bond donors (Lipinski definition) is 1. The standard InChI is InChI=1S/C21H25ClN4O6S/c1-24(14-17-12-18(26(28)29)4-7-20(17)22)15-21(27)23-13-16-2-5-19(6-3-16)33(30,31)25-8-10-32-11-9-25/h2-7,12H,8-11,13-15H2,1H3,(H,23,27). The van der Waals surface area contributed by atoms with Gasteiger partial charge in [0.15, 0.2) is 0 Å². The number of nitro groups is 1. The summed E-state index contributed by atoms with van der Waals surface area (Å²) in [5, 5.41) is 14.1. The molecule has 33 heavy (non-hydrogen) atoms. The Hall–Kier alpha value is -2.57. The van der Waals surface area contributed by atoms with Crippen molar-refractivity contribution in [3.05, 3.63) is 68.7 Å². The van der Waals surface area contributed by atoms with Gasteiger partial charge in [0, 0.05) is 43.3 Å². The fourth-order valence-corrected chi connectivity index (χ4v) is 4.94. The number of sulfonamides is 1. The minimum absolute atomic E-state index is 0.0581. The van der Waals surface area contributed by atoms with Crippen molar-refractivity contribution in [2.24, 2.45) is 0 Å². The van der Waals surface area contributed by atoms with Gasteiger partial charge in [-0.05, 0) is 36.4 Å². The molecule has 0 radical (unpaired) electrons. The lowest BCUT2D eigenvalue weighted by Crippen LogP contribution is -2.40. The van der Waals surface area contributed by atoms with Crippen LogP contribution in [0.5, 0.6) is 0 Å². The molecule has 0 aromatic heterocycles. The highest BCUT2D eigenvalue weighted by molar-refractivity contribution is 7.89. The second-order valence-electron chi connectivity index (χ2n) is 7.64. The topological polar surface area (TPSA) is 122 Å². The molecule has 178 valence electrons. The zero-order chi connectivity index (χ0) is 24.0. The van der Waals surface area contributed by atoms with Crippen molar-refractivity contribution < 1.29 is 22.9 Å². The molecule has 12 heteroatoms. The first kappa shape index (κ1) is 25.1. The number of hydrogen-bond acceptors (Lipinski definition) is 7. The lowest BCUT2D eigenvalue weighted by molar-refractivity contribution is -0.384. The van der Waals surface area contributed by atoms with Crippen LogP contribution in [0.4, 0.5) is 5.69 Å². The molecule has 0 saturated carbocycles. The minimum Gasteiger partial charge on any atom is -0.379 e. The Morgan fingerprint density at radius 3 is 2.52 bits per heavy atom. The van der Waals surface area contributed by atoms with Crippen molar-refractivity contribution >= 4 is 33.2 Å². The largest absolute Gasteiger partial charge is 0.379 e. The highest BCUT2D eigenvalue weighted by atomic mass is 35.5. The Labute approximate surface area is 197 Å². The molecule has 3 rings (SSSR count). The highest BCUT2D eigenvalue weighted by Gasteiger charge is 2.26. The van der Waals surface area contributed by atoms with Crippen LogP contribution in [0.15, 0.2) is 47.4 Å². The molecule has 0 bridgehead atoms. The normalized spacial score (nSPS) is 14.9. The molecule has 1 fully saturated rings. The molecular weight excluding hydrogens is 472 g/mol. The molecule has 0 aliphatic carbocycles. The fourth-order valence-electron chi connectivity index (χ4n) is 3.36. The first-order chi connectivity index (χ1) is 15.7. The molecule has 1 aliphatic rings. The summed E-state index contributed by atoms with van der Waals surface area (Å²) in [6.45, 7) is 1.98. The second-order valence-corrected chi connectivity index (χ2v) is 9.99. The van der Waals surface area contributed by atoms with Crippen molar-refractivity contribution in [1.29, 1.82) is 0 Å². The van der Waals surface area contributed by atoms with Gasteiger partial charge in [0.25, 0.3) is 5.69 Å². The molecule has 1 saturated heterocycles. The third kappa shape index (κ3) is 6.71. The molecular formula is C21H25ClN4O6S. The minimum atomic E-state index is -3.56. The maximum Gasteiger partial charge on any atom is 0.269 e. The Kier molecular flexibility index (Phi) is 8.38. The van der Waals surface area contributed by atoms with Gasteiger partial charge >= 0.3 is 0 Å². The first-order valence-corrected chi connectivity index (χ1v) is 12.0. The van der Waals surface area contributed by atoms with E-state index < -0.39 is 14.9 Å². The Balaban J connectivity index is 1.51. The summed E-state index contributed by atoms with van der Waals surface area (Å²) in [5.41, 5.74) is 1.25. The second kappa shape index (κ2) is 11.0. The predicted molar refractivity (Wildman–Crippen MR) is 122 cm³/mol. The molecule has 2 aromatic rings. The maximum absolute atomic E-state index is 12.7. The smallest absolute Gasteiger partial charge is 0.269 e. The van der Waals surface area contributed by atoms with Gasteiger partial charge in [-0.15, -0.1) is 0 Å². The van der Waals surface area contributed by atoms with E-state index >= 15 is 0 Å². The zero-order valence-electron chi connectivity index (χ0n) is 18.1. The van der Waals surface area contributed by atoms with Crippen LogP contribution >= 0.6 is 11.6 Å². The van der Waals surface area contributed by atoms with Crippen molar-refractivity contribution in [3.8, 4) is 0 Å². The van der Waals surface area contributed by atoms with E-state index in [1.807, 2.05) is 0 Å². The predicted octanol–water partition coefficient (Wildman–Crippen LogP) is 2.02. The van der Waals surface area contributed by atoms with E-state index in [0.717, 1.165) is 5.56 Å². The van der Waals surface area contributed by atoms with Crippen LogP contribution in [0.3, 0.4) is 0 Å². The summed E-state index contributed by atoms with van der Waals surface area (Å²) in [6.07, 6.45) is 0. The summed E-state index contributed by atoms with van der Waals surface area (Å²) < 4.78 is 31.9. The number of carbonyl (C=O) groups excluding carboxylic acids is 1. The van der Waals surface area contributed by atoms with Gasteiger partial charge in [-0.2, -0.15) is 4.31 Å².